The summed E-state index contributed by atoms with van der Waals surface area (Å²) < 4.78 is 5.48. The van der Waals surface area contributed by atoms with Crippen LogP contribution >= 0.6 is 0 Å². The van der Waals surface area contributed by atoms with Gasteiger partial charge in [-0.2, -0.15) is 0 Å². The topological polar surface area (TPSA) is 65.0 Å². The minimum absolute atomic E-state index is 0.0401. The van der Waals surface area contributed by atoms with Crippen molar-refractivity contribution < 1.29 is 14.9 Å². The third kappa shape index (κ3) is 8.18. The normalized spacial score (nSPS) is 18.7. The van der Waals surface area contributed by atoms with E-state index in [-0.39, 0.29) is 18.8 Å². The number of benzene rings is 1. The predicted molar refractivity (Wildman–Crippen MR) is 114 cm³/mol. The first-order valence-corrected chi connectivity index (χ1v) is 11.2. The molecule has 2 rings (SSSR count). The lowest BCUT2D eigenvalue weighted by molar-refractivity contribution is -0.00815. The molecule has 1 aromatic carbocycles. The molecule has 160 valence electrons. The first-order chi connectivity index (χ1) is 13.8. The number of nitrogens with zero attached hydrogens (tertiary/aromatic N) is 1. The highest BCUT2D eigenvalue weighted by Gasteiger charge is 2.27. The van der Waals surface area contributed by atoms with Crippen molar-refractivity contribution in [3.8, 4) is 0 Å². The number of aliphatic hydroxyl groups is 2. The van der Waals surface area contributed by atoms with E-state index in [9.17, 15) is 10.2 Å². The van der Waals surface area contributed by atoms with Crippen LogP contribution in [0.5, 0.6) is 0 Å². The molecule has 1 heterocycles. The van der Waals surface area contributed by atoms with Gasteiger partial charge in [0.1, 0.15) is 0 Å². The van der Waals surface area contributed by atoms with E-state index in [0.29, 0.717) is 6.42 Å². The summed E-state index contributed by atoms with van der Waals surface area (Å²) in [7, 11) is 0. The fourth-order valence-electron chi connectivity index (χ4n) is 3.98. The zero-order chi connectivity index (χ0) is 20.0. The molecule has 1 aromatic rings. The lowest BCUT2D eigenvalue weighted by atomic mass is 9.96. The third-order valence-corrected chi connectivity index (χ3v) is 5.66. The summed E-state index contributed by atoms with van der Waals surface area (Å²) in [6.07, 6.45) is 8.40. The van der Waals surface area contributed by atoms with Crippen molar-refractivity contribution in [2.24, 2.45) is 0 Å². The molecule has 0 saturated carbocycles. The van der Waals surface area contributed by atoms with Gasteiger partial charge in [0.15, 0.2) is 0 Å². The van der Waals surface area contributed by atoms with Gasteiger partial charge in [0.2, 0.25) is 0 Å². The van der Waals surface area contributed by atoms with E-state index in [4.69, 9.17) is 4.74 Å². The van der Waals surface area contributed by atoms with Gasteiger partial charge in [0.05, 0.1) is 31.5 Å². The number of hydrogen-bond donors (Lipinski definition) is 3. The zero-order valence-electron chi connectivity index (χ0n) is 17.6. The van der Waals surface area contributed by atoms with E-state index >= 15 is 0 Å². The third-order valence-electron chi connectivity index (χ3n) is 5.66. The molecule has 0 spiro atoms. The first-order valence-electron chi connectivity index (χ1n) is 11.2. The van der Waals surface area contributed by atoms with Crippen molar-refractivity contribution in [2.75, 3.05) is 32.9 Å². The average molecular weight is 393 g/mol. The standard InChI is InChI=1S/C23H40N2O3/c1-2-3-4-5-6-10-13-21(27)23(20-11-8-7-9-12-20)24-22(14-17-26)25-15-18-28-19-16-25/h7-9,11-12,21-24,26-27H,2-6,10,13-19H2,1H3. The minimum atomic E-state index is -0.434. The number of unbranched alkanes of at least 4 members (excludes halogenated alkanes) is 5. The minimum Gasteiger partial charge on any atom is -0.396 e. The summed E-state index contributed by atoms with van der Waals surface area (Å²) in [5.74, 6) is 0. The molecule has 0 amide bonds. The maximum atomic E-state index is 11.0. The van der Waals surface area contributed by atoms with Gasteiger partial charge in [-0.3, -0.25) is 10.2 Å². The molecule has 0 radical (unpaired) electrons. The summed E-state index contributed by atoms with van der Waals surface area (Å²) in [6, 6.07) is 10.1. The summed E-state index contributed by atoms with van der Waals surface area (Å²) in [4.78, 5) is 2.33. The van der Waals surface area contributed by atoms with Crippen molar-refractivity contribution in [2.45, 2.75) is 76.6 Å². The number of nitrogens with one attached hydrogen (secondary N) is 1. The highest BCUT2D eigenvalue weighted by Crippen LogP contribution is 2.23. The second-order valence-electron chi connectivity index (χ2n) is 7.86. The average Bonchev–Trinajstić information content (AvgIpc) is 2.74. The monoisotopic (exact) mass is 392 g/mol. The van der Waals surface area contributed by atoms with Crippen molar-refractivity contribution in [3.05, 3.63) is 35.9 Å². The highest BCUT2D eigenvalue weighted by molar-refractivity contribution is 5.20. The van der Waals surface area contributed by atoms with Gasteiger partial charge in [-0.25, -0.2) is 0 Å². The van der Waals surface area contributed by atoms with Crippen molar-refractivity contribution in [3.63, 3.8) is 0 Å². The van der Waals surface area contributed by atoms with E-state index in [2.05, 4.69) is 29.3 Å². The fourth-order valence-corrected chi connectivity index (χ4v) is 3.98. The fraction of sp³-hybridized carbons (Fsp3) is 0.739. The Kier molecular flexibility index (Phi) is 11.7. The van der Waals surface area contributed by atoms with Gasteiger partial charge in [-0.1, -0.05) is 75.8 Å². The molecule has 1 saturated heterocycles. The second-order valence-corrected chi connectivity index (χ2v) is 7.86. The molecule has 5 heteroatoms. The summed E-state index contributed by atoms with van der Waals surface area (Å²) in [5, 5.41) is 24.2. The van der Waals surface area contributed by atoms with Crippen LogP contribution in [0.4, 0.5) is 0 Å². The molecule has 3 atom stereocenters. The largest absolute Gasteiger partial charge is 0.396 e. The van der Waals surface area contributed by atoms with Gasteiger partial charge in [-0.05, 0) is 18.4 Å². The maximum absolute atomic E-state index is 11.0. The summed E-state index contributed by atoms with van der Waals surface area (Å²) in [5.41, 5.74) is 1.11. The number of ether oxygens (including phenoxy) is 1. The van der Waals surface area contributed by atoms with E-state index < -0.39 is 6.10 Å². The Bertz CT molecular complexity index is 494. The molecule has 1 fully saturated rings. The number of morpholine rings is 1. The number of aliphatic hydroxyl groups excluding tert-OH is 2. The van der Waals surface area contributed by atoms with Crippen LogP contribution in [0.25, 0.3) is 0 Å². The van der Waals surface area contributed by atoms with E-state index in [1.165, 1.54) is 32.1 Å². The van der Waals surface area contributed by atoms with Crippen LogP contribution in [0.1, 0.15) is 69.9 Å². The summed E-state index contributed by atoms with van der Waals surface area (Å²) >= 11 is 0. The van der Waals surface area contributed by atoms with E-state index in [1.807, 2.05) is 18.2 Å². The molecule has 5 nitrogen and oxygen atoms in total. The van der Waals surface area contributed by atoms with E-state index in [0.717, 1.165) is 44.7 Å². The molecular weight excluding hydrogens is 352 g/mol. The summed E-state index contributed by atoms with van der Waals surface area (Å²) in [6.45, 7) is 5.51. The van der Waals surface area contributed by atoms with Gasteiger partial charge in [0, 0.05) is 19.7 Å². The first kappa shape index (κ1) is 23.3. The van der Waals surface area contributed by atoms with Crippen LogP contribution in [0, 0.1) is 0 Å². The van der Waals surface area contributed by atoms with Crippen molar-refractivity contribution in [1.29, 1.82) is 0 Å². The Morgan fingerprint density at radius 1 is 1.00 bits per heavy atom. The second kappa shape index (κ2) is 14.1. The van der Waals surface area contributed by atoms with Crippen LogP contribution in [-0.2, 0) is 4.74 Å². The Hall–Kier alpha value is -0.980. The Balaban J connectivity index is 1.97. The molecule has 3 unspecified atom stereocenters. The number of hydrogen-bond acceptors (Lipinski definition) is 5. The maximum Gasteiger partial charge on any atom is 0.0735 e. The number of rotatable bonds is 14. The van der Waals surface area contributed by atoms with E-state index in [1.54, 1.807) is 0 Å². The molecule has 1 aliphatic rings. The van der Waals surface area contributed by atoms with Crippen LogP contribution < -0.4 is 5.32 Å². The lowest BCUT2D eigenvalue weighted by Gasteiger charge is -2.38. The molecule has 3 N–H and O–H groups in total. The molecular formula is C23H40N2O3. The smallest absolute Gasteiger partial charge is 0.0735 e. The Labute approximate surface area is 171 Å². The van der Waals surface area contributed by atoms with Gasteiger partial charge >= 0.3 is 0 Å². The van der Waals surface area contributed by atoms with Crippen molar-refractivity contribution in [1.82, 2.24) is 10.2 Å². The molecule has 0 bridgehead atoms. The lowest BCUT2D eigenvalue weighted by Crippen LogP contribution is -2.53. The molecule has 0 aromatic heterocycles. The van der Waals surface area contributed by atoms with Crippen LogP contribution in [0.15, 0.2) is 30.3 Å². The van der Waals surface area contributed by atoms with Crippen LogP contribution in [0.3, 0.4) is 0 Å². The Morgan fingerprint density at radius 3 is 2.36 bits per heavy atom. The quantitative estimate of drug-likeness (QED) is 0.423. The molecule has 0 aliphatic carbocycles. The van der Waals surface area contributed by atoms with Gasteiger partial charge < -0.3 is 14.9 Å². The van der Waals surface area contributed by atoms with Crippen molar-refractivity contribution >= 4 is 0 Å². The Morgan fingerprint density at radius 2 is 1.68 bits per heavy atom. The molecule has 28 heavy (non-hydrogen) atoms. The molecule has 1 aliphatic heterocycles. The van der Waals surface area contributed by atoms with Crippen LogP contribution in [0.2, 0.25) is 0 Å². The zero-order valence-corrected chi connectivity index (χ0v) is 17.6. The van der Waals surface area contributed by atoms with Gasteiger partial charge in [-0.15, -0.1) is 0 Å². The SMILES string of the molecule is CCCCCCCCC(O)C(NC(CCO)N1CCOCC1)c1ccccc1. The van der Waals surface area contributed by atoms with Crippen LogP contribution in [-0.4, -0.2) is 60.3 Å². The van der Waals surface area contributed by atoms with Gasteiger partial charge in [0.25, 0.3) is 0 Å². The predicted octanol–water partition coefficient (Wildman–Crippen LogP) is 3.47. The highest BCUT2D eigenvalue weighted by atomic mass is 16.5.